The fraction of sp³-hybridized carbons (Fsp3) is 0.115. The third kappa shape index (κ3) is 8.43. The van der Waals surface area contributed by atoms with Crippen LogP contribution in [-0.4, -0.2) is 47.2 Å². The van der Waals surface area contributed by atoms with Gasteiger partial charge in [0.2, 0.25) is 0 Å². The highest BCUT2D eigenvalue weighted by Crippen LogP contribution is 2.45. The summed E-state index contributed by atoms with van der Waals surface area (Å²) in [5, 5.41) is 5.63. The first-order valence-electron chi connectivity index (χ1n) is 23.4. The molecule has 8 aromatic carbocycles. The third-order valence-corrected chi connectivity index (χ3v) is 13.3. The molecule has 1 heterocycles. The Morgan fingerprint density at radius 2 is 0.986 bits per heavy atom. The molecule has 1 aliphatic carbocycles. The van der Waals surface area contributed by atoms with E-state index in [0.29, 0.717) is 27.9 Å². The van der Waals surface area contributed by atoms with E-state index in [1.54, 1.807) is 37.6 Å². The Bertz CT molecular complexity index is 3050. The molecule has 0 aliphatic heterocycles. The van der Waals surface area contributed by atoms with Gasteiger partial charge in [0, 0.05) is 47.8 Å². The number of esters is 1. The predicted octanol–water partition coefficient (Wildman–Crippen LogP) is 11.1. The molecule has 9 nitrogen and oxygen atoms in total. The van der Waals surface area contributed by atoms with Crippen molar-refractivity contribution in [2.24, 2.45) is 0 Å². The van der Waals surface area contributed by atoms with E-state index in [9.17, 15) is 9.59 Å². The quantitative estimate of drug-likeness (QED) is 0.0783. The van der Waals surface area contributed by atoms with E-state index in [1.807, 2.05) is 146 Å². The fourth-order valence-electron chi connectivity index (χ4n) is 10.1. The lowest BCUT2D eigenvalue weighted by Crippen LogP contribution is -2.47. The number of aromatic nitrogens is 2. The summed E-state index contributed by atoms with van der Waals surface area (Å²) in [7, 11) is 1.58. The van der Waals surface area contributed by atoms with Gasteiger partial charge in [0.15, 0.2) is 5.60 Å². The third-order valence-electron chi connectivity index (χ3n) is 13.3. The molecule has 344 valence electrons. The topological polar surface area (TPSA) is 112 Å². The first kappa shape index (κ1) is 45.0. The molecule has 1 aliphatic rings. The maximum Gasteiger partial charge on any atom is 0.407 e. The molecule has 0 saturated carbocycles. The number of ether oxygens (including phenoxy) is 2. The van der Waals surface area contributed by atoms with Gasteiger partial charge in [-0.05, 0) is 51.1 Å². The number of nitrogens with one attached hydrogen (secondary N) is 2. The first-order chi connectivity index (χ1) is 34.4. The number of hydrogen-bond acceptors (Lipinski definition) is 6. The number of rotatable bonds is 15. The summed E-state index contributed by atoms with van der Waals surface area (Å²) in [5.74, 6) is -1.19. The highest BCUT2D eigenvalue weighted by molar-refractivity contribution is 5.94. The highest BCUT2D eigenvalue weighted by Gasteiger charge is 2.44. The number of benzene rings is 8. The van der Waals surface area contributed by atoms with Crippen LogP contribution in [0.1, 0.15) is 66.5 Å². The number of nitrogens with zero attached hydrogens (tertiary/aromatic N) is 2. The zero-order valence-corrected chi connectivity index (χ0v) is 38.5. The van der Waals surface area contributed by atoms with E-state index >= 15 is 4.79 Å². The zero-order chi connectivity index (χ0) is 47.9. The molecule has 9 heteroatoms. The van der Waals surface area contributed by atoms with Gasteiger partial charge in [-0.1, -0.05) is 212 Å². The Labute approximate surface area is 407 Å². The number of carbonyl (C=O) groups excluding carboxylic acids is 3. The zero-order valence-electron chi connectivity index (χ0n) is 38.5. The van der Waals surface area contributed by atoms with Gasteiger partial charge in [-0.25, -0.2) is 14.6 Å². The van der Waals surface area contributed by atoms with Crippen LogP contribution in [0.25, 0.3) is 11.1 Å². The summed E-state index contributed by atoms with van der Waals surface area (Å²) in [6, 6.07) is 71.7. The van der Waals surface area contributed by atoms with Crippen LogP contribution in [0, 0.1) is 0 Å². The minimum Gasteiger partial charge on any atom is -0.449 e. The van der Waals surface area contributed by atoms with Crippen LogP contribution in [0.2, 0.25) is 0 Å². The molecule has 0 fully saturated rings. The van der Waals surface area contributed by atoms with Crippen LogP contribution in [0.5, 0.6) is 0 Å². The maximum absolute atomic E-state index is 15.5. The second-order valence-electron chi connectivity index (χ2n) is 17.3. The summed E-state index contributed by atoms with van der Waals surface area (Å²) in [6.45, 7) is 0.0413. The van der Waals surface area contributed by atoms with Crippen LogP contribution in [0.15, 0.2) is 237 Å². The molecule has 1 aromatic heterocycles. The number of amides is 2. The molecular weight excluding hydrogens is 869 g/mol. The number of hydrogen-bond donors (Lipinski definition) is 2. The standard InChI is InChI=1S/C61H50N4O5/c1-62-57(66)43-35-37-49(38-36-43)61(47-27-13-5-14-28-47,48-29-15-6-16-30-48)70-58(67)56(64-59(68)69-41-55-53-33-19-17-31-51(53)52-32-18-20-34-54(52)55)39-50-40-65(42-63-50)60(44-21-7-2-8-22-44,45-23-9-3-10-24-45)46-25-11-4-12-26-46/h2-38,40,42,55-56H,39,41H2,1H3,(H,62,66)(H,64,68)/t56-/m1/s1. The molecule has 0 saturated heterocycles. The summed E-state index contributed by atoms with van der Waals surface area (Å²) >= 11 is 0. The largest absolute Gasteiger partial charge is 0.449 e. The van der Waals surface area contributed by atoms with E-state index in [0.717, 1.165) is 38.9 Å². The molecule has 2 amide bonds. The van der Waals surface area contributed by atoms with Gasteiger partial charge in [-0.15, -0.1) is 0 Å². The molecule has 0 radical (unpaired) electrons. The molecule has 0 spiro atoms. The van der Waals surface area contributed by atoms with Crippen LogP contribution < -0.4 is 10.6 Å². The SMILES string of the molecule is CNC(=O)c1ccc(C(OC(=O)[C@@H](Cc2cn(C(c3ccccc3)(c3ccccc3)c3ccccc3)cn2)NC(=O)OCC2c3ccccc3-c3ccccc32)(c2ccccc2)c2ccccc2)cc1. The van der Waals surface area contributed by atoms with Crippen molar-refractivity contribution >= 4 is 18.0 Å². The van der Waals surface area contributed by atoms with Crippen molar-refractivity contribution in [3.63, 3.8) is 0 Å². The Kier molecular flexibility index (Phi) is 12.7. The van der Waals surface area contributed by atoms with E-state index in [2.05, 4.69) is 75.9 Å². The van der Waals surface area contributed by atoms with Crippen molar-refractivity contribution in [3.8, 4) is 11.1 Å². The Morgan fingerprint density at radius 1 is 0.557 bits per heavy atom. The lowest BCUT2D eigenvalue weighted by molar-refractivity contribution is -0.156. The normalized spacial score (nSPS) is 12.5. The van der Waals surface area contributed by atoms with Crippen LogP contribution >= 0.6 is 0 Å². The number of fused-ring (bicyclic) bond motifs is 3. The lowest BCUT2D eigenvalue weighted by Gasteiger charge is -2.37. The lowest BCUT2D eigenvalue weighted by atomic mass is 9.77. The van der Waals surface area contributed by atoms with Crippen molar-refractivity contribution in [2.45, 2.75) is 29.5 Å². The summed E-state index contributed by atoms with van der Waals surface area (Å²) < 4.78 is 15.1. The average Bonchev–Trinajstić information content (AvgIpc) is 4.03. The van der Waals surface area contributed by atoms with Crippen LogP contribution in [0.3, 0.4) is 0 Å². The first-order valence-corrected chi connectivity index (χ1v) is 23.4. The number of alkyl carbamates (subject to hydrolysis) is 1. The van der Waals surface area contributed by atoms with E-state index < -0.39 is 29.2 Å². The second kappa shape index (κ2) is 19.8. The van der Waals surface area contributed by atoms with Gasteiger partial charge >= 0.3 is 12.1 Å². The van der Waals surface area contributed by atoms with Crippen molar-refractivity contribution in [2.75, 3.05) is 13.7 Å². The number of carbonyl (C=O) groups is 3. The van der Waals surface area contributed by atoms with Gasteiger partial charge in [0.05, 0.1) is 12.0 Å². The molecule has 9 aromatic rings. The Morgan fingerprint density at radius 3 is 1.46 bits per heavy atom. The fourth-order valence-corrected chi connectivity index (χ4v) is 10.1. The Hall–Kier alpha value is -8.82. The second-order valence-corrected chi connectivity index (χ2v) is 17.3. The van der Waals surface area contributed by atoms with Crippen LogP contribution in [0.4, 0.5) is 4.79 Å². The van der Waals surface area contributed by atoms with Gasteiger partial charge in [0.1, 0.15) is 18.2 Å². The minimum atomic E-state index is -1.54. The summed E-state index contributed by atoms with van der Waals surface area (Å²) in [4.78, 5) is 47.6. The molecule has 0 unspecified atom stereocenters. The van der Waals surface area contributed by atoms with Gasteiger partial charge in [-0.3, -0.25) is 4.79 Å². The molecule has 2 N–H and O–H groups in total. The molecular formula is C61H50N4O5. The molecule has 70 heavy (non-hydrogen) atoms. The molecule has 10 rings (SSSR count). The number of imidazole rings is 1. The molecule has 1 atom stereocenters. The van der Waals surface area contributed by atoms with E-state index in [1.165, 1.54) is 0 Å². The predicted molar refractivity (Wildman–Crippen MR) is 271 cm³/mol. The van der Waals surface area contributed by atoms with Crippen molar-refractivity contribution in [1.82, 2.24) is 20.2 Å². The summed E-state index contributed by atoms with van der Waals surface area (Å²) in [5.41, 5.74) is 7.79. The highest BCUT2D eigenvalue weighted by atomic mass is 16.6. The van der Waals surface area contributed by atoms with Gasteiger partial charge in [0.25, 0.3) is 5.91 Å². The molecule has 0 bridgehead atoms. The van der Waals surface area contributed by atoms with Crippen LogP contribution in [-0.2, 0) is 31.8 Å². The maximum atomic E-state index is 15.5. The van der Waals surface area contributed by atoms with Crippen molar-refractivity contribution in [1.29, 1.82) is 0 Å². The smallest absolute Gasteiger partial charge is 0.407 e. The van der Waals surface area contributed by atoms with Gasteiger partial charge in [-0.2, -0.15) is 0 Å². The van der Waals surface area contributed by atoms with E-state index in [4.69, 9.17) is 14.5 Å². The summed E-state index contributed by atoms with van der Waals surface area (Å²) in [6.07, 6.45) is 2.88. The van der Waals surface area contributed by atoms with E-state index in [-0.39, 0.29) is 24.9 Å². The van der Waals surface area contributed by atoms with Gasteiger partial charge < -0.3 is 24.7 Å². The Balaban J connectivity index is 1.06. The minimum absolute atomic E-state index is 0.0413. The van der Waals surface area contributed by atoms with Crippen molar-refractivity contribution < 1.29 is 23.9 Å². The monoisotopic (exact) mass is 918 g/mol. The average molecular weight is 919 g/mol. The van der Waals surface area contributed by atoms with Crippen molar-refractivity contribution in [3.05, 3.63) is 293 Å².